The van der Waals surface area contributed by atoms with Crippen LogP contribution in [-0.4, -0.2) is 12.0 Å². The Labute approximate surface area is 94.5 Å². The van der Waals surface area contributed by atoms with Crippen molar-refractivity contribution in [2.24, 2.45) is 4.99 Å². The number of carbonyl (C=O) groups is 1. The summed E-state index contributed by atoms with van der Waals surface area (Å²) in [4.78, 5) is 15.7. The van der Waals surface area contributed by atoms with Crippen LogP contribution < -0.4 is 4.74 Å². The number of nitrogens with zero attached hydrogens (tertiary/aromatic N) is 1. The fourth-order valence-electron chi connectivity index (χ4n) is 1.57. The Balaban J connectivity index is 2.26. The summed E-state index contributed by atoms with van der Waals surface area (Å²) in [7, 11) is 0. The van der Waals surface area contributed by atoms with Gasteiger partial charge in [-0.25, -0.2) is 4.99 Å². The highest BCUT2D eigenvalue weighted by Crippen LogP contribution is 2.21. The van der Waals surface area contributed by atoms with Crippen molar-refractivity contribution in [3.05, 3.63) is 41.8 Å². The zero-order valence-electron chi connectivity index (χ0n) is 9.14. The molecule has 0 saturated carbocycles. The van der Waals surface area contributed by atoms with Crippen molar-refractivity contribution in [2.75, 3.05) is 0 Å². The summed E-state index contributed by atoms with van der Waals surface area (Å²) in [5, 5.41) is 0. The van der Waals surface area contributed by atoms with Gasteiger partial charge in [0.2, 0.25) is 5.88 Å². The van der Waals surface area contributed by atoms with Crippen molar-refractivity contribution < 1.29 is 9.53 Å². The second-order valence-corrected chi connectivity index (χ2v) is 3.49. The molecule has 0 aliphatic carbocycles. The number of ketones is 1. The van der Waals surface area contributed by atoms with Gasteiger partial charge in [-0.3, -0.25) is 4.79 Å². The van der Waals surface area contributed by atoms with Gasteiger partial charge in [0.1, 0.15) is 5.75 Å². The number of ether oxygens (including phenoxy) is 1. The normalized spacial score (nSPS) is 15.4. The van der Waals surface area contributed by atoms with Crippen LogP contribution in [-0.2, 0) is 4.79 Å². The minimum absolute atomic E-state index is 0.100. The molecule has 2 rings (SSSR count). The quantitative estimate of drug-likeness (QED) is 0.777. The number of para-hydroxylation sites is 1. The van der Waals surface area contributed by atoms with Crippen molar-refractivity contribution in [1.82, 2.24) is 0 Å². The lowest BCUT2D eigenvalue weighted by Crippen LogP contribution is -2.13. The highest BCUT2D eigenvalue weighted by Gasteiger charge is 2.17. The van der Waals surface area contributed by atoms with Crippen LogP contribution in [0.1, 0.15) is 19.8 Å². The molecule has 0 radical (unpaired) electrons. The van der Waals surface area contributed by atoms with Gasteiger partial charge in [0.15, 0.2) is 5.78 Å². The Kier molecular flexibility index (Phi) is 3.15. The molecule has 0 fully saturated rings. The van der Waals surface area contributed by atoms with E-state index in [1.54, 1.807) is 6.21 Å². The smallest absolute Gasteiger partial charge is 0.225 e. The zero-order valence-corrected chi connectivity index (χ0v) is 9.14. The molecule has 16 heavy (non-hydrogen) atoms. The summed E-state index contributed by atoms with van der Waals surface area (Å²) in [6.45, 7) is 1.93. The molecule has 1 heterocycles. The summed E-state index contributed by atoms with van der Waals surface area (Å²) < 4.78 is 5.59. The Hall–Kier alpha value is -1.90. The number of hydrogen-bond donors (Lipinski definition) is 0. The average molecular weight is 215 g/mol. The van der Waals surface area contributed by atoms with E-state index in [4.69, 9.17) is 4.74 Å². The molecule has 1 aliphatic rings. The first-order chi connectivity index (χ1) is 7.81. The average Bonchev–Trinajstić information content (AvgIpc) is 2.31. The number of Topliss-reactive ketones (excluding diaryl/α,β-unsaturated/α-hetero) is 1. The first-order valence-corrected chi connectivity index (χ1v) is 5.33. The minimum Gasteiger partial charge on any atom is -0.439 e. The summed E-state index contributed by atoms with van der Waals surface area (Å²) in [5.41, 5.74) is 0.673. The monoisotopic (exact) mass is 215 g/mol. The van der Waals surface area contributed by atoms with E-state index in [1.165, 1.54) is 0 Å². The number of rotatable bonds is 3. The van der Waals surface area contributed by atoms with E-state index in [9.17, 15) is 4.79 Å². The Morgan fingerprint density at radius 1 is 1.31 bits per heavy atom. The molecule has 0 N–H and O–H groups in total. The van der Waals surface area contributed by atoms with Gasteiger partial charge in [-0.2, -0.15) is 0 Å². The molecule has 0 bridgehead atoms. The van der Waals surface area contributed by atoms with Gasteiger partial charge >= 0.3 is 0 Å². The van der Waals surface area contributed by atoms with Crippen LogP contribution in [0.3, 0.4) is 0 Å². The lowest BCUT2D eigenvalue weighted by Gasteiger charge is -2.13. The Morgan fingerprint density at radius 2 is 2.06 bits per heavy atom. The first-order valence-electron chi connectivity index (χ1n) is 5.33. The highest BCUT2D eigenvalue weighted by molar-refractivity contribution is 6.05. The number of hydrogen-bond acceptors (Lipinski definition) is 3. The third-order valence-electron chi connectivity index (χ3n) is 2.39. The number of benzene rings is 1. The summed E-state index contributed by atoms with van der Waals surface area (Å²) in [6.07, 6.45) is 2.63. The molecule has 3 nitrogen and oxygen atoms in total. The van der Waals surface area contributed by atoms with E-state index in [1.807, 2.05) is 37.3 Å². The number of allylic oxidation sites excluding steroid dienone is 1. The first kappa shape index (κ1) is 10.6. The lowest BCUT2D eigenvalue weighted by molar-refractivity contribution is -0.114. The van der Waals surface area contributed by atoms with Crippen LogP contribution in [0.15, 0.2) is 46.8 Å². The topological polar surface area (TPSA) is 38.7 Å². The summed E-state index contributed by atoms with van der Waals surface area (Å²) in [5.74, 6) is 1.24. The van der Waals surface area contributed by atoms with E-state index in [0.29, 0.717) is 30.0 Å². The summed E-state index contributed by atoms with van der Waals surface area (Å²) in [6, 6.07) is 9.37. The van der Waals surface area contributed by atoms with Gasteiger partial charge in [0, 0.05) is 12.6 Å². The van der Waals surface area contributed by atoms with E-state index in [0.717, 1.165) is 0 Å². The molecule has 0 unspecified atom stereocenters. The van der Waals surface area contributed by atoms with Gasteiger partial charge in [-0.1, -0.05) is 25.1 Å². The molecule has 82 valence electrons. The van der Waals surface area contributed by atoms with Crippen LogP contribution in [0.25, 0.3) is 0 Å². The van der Waals surface area contributed by atoms with Gasteiger partial charge < -0.3 is 4.74 Å². The van der Waals surface area contributed by atoms with Crippen molar-refractivity contribution in [3.8, 4) is 5.75 Å². The molecule has 1 aliphatic heterocycles. The molecule has 3 heteroatoms. The zero-order chi connectivity index (χ0) is 11.4. The second kappa shape index (κ2) is 4.75. The van der Waals surface area contributed by atoms with Crippen LogP contribution in [0.5, 0.6) is 5.75 Å². The largest absolute Gasteiger partial charge is 0.439 e. The maximum Gasteiger partial charge on any atom is 0.225 e. The van der Waals surface area contributed by atoms with Gasteiger partial charge in [-0.15, -0.1) is 0 Å². The number of aliphatic imine (C=N–C) groups is 1. The molecular weight excluding hydrogens is 202 g/mol. The fourth-order valence-corrected chi connectivity index (χ4v) is 1.57. The fraction of sp³-hybridized carbons (Fsp3) is 0.231. The molecule has 0 spiro atoms. The van der Waals surface area contributed by atoms with Crippen LogP contribution in [0, 0.1) is 0 Å². The predicted octanol–water partition coefficient (Wildman–Crippen LogP) is 2.73. The summed E-state index contributed by atoms with van der Waals surface area (Å²) >= 11 is 0. The minimum atomic E-state index is 0.100. The maximum absolute atomic E-state index is 11.6. The number of carbonyl (C=O) groups excluding carboxylic acids is 1. The highest BCUT2D eigenvalue weighted by atomic mass is 16.5. The Bertz CT molecular complexity index is 446. The molecule has 0 saturated heterocycles. The molecule has 1 aromatic rings. The van der Waals surface area contributed by atoms with E-state index in [-0.39, 0.29) is 5.78 Å². The Morgan fingerprint density at radius 3 is 2.75 bits per heavy atom. The van der Waals surface area contributed by atoms with E-state index < -0.39 is 0 Å². The van der Waals surface area contributed by atoms with Crippen molar-refractivity contribution >= 4 is 12.0 Å². The standard InChI is InChI=1S/C13H13NO2/c1-2-11-12(15)8-9-14-13(11)16-10-6-4-3-5-7-10/h3-7,9H,2,8H2,1H3. The van der Waals surface area contributed by atoms with Crippen molar-refractivity contribution in [3.63, 3.8) is 0 Å². The van der Waals surface area contributed by atoms with Gasteiger partial charge in [0.05, 0.1) is 5.57 Å². The molecule has 1 aromatic carbocycles. The third kappa shape index (κ3) is 2.19. The van der Waals surface area contributed by atoms with Crippen LogP contribution in [0.2, 0.25) is 0 Å². The van der Waals surface area contributed by atoms with Crippen LogP contribution >= 0.6 is 0 Å². The van der Waals surface area contributed by atoms with Gasteiger partial charge in [0.25, 0.3) is 0 Å². The van der Waals surface area contributed by atoms with Gasteiger partial charge in [-0.05, 0) is 18.6 Å². The second-order valence-electron chi connectivity index (χ2n) is 3.49. The van der Waals surface area contributed by atoms with Crippen molar-refractivity contribution in [1.29, 1.82) is 0 Å². The molecule has 0 aromatic heterocycles. The maximum atomic E-state index is 11.6. The predicted molar refractivity (Wildman–Crippen MR) is 62.5 cm³/mol. The molecule has 0 amide bonds. The SMILES string of the molecule is CCC1=C(Oc2ccccc2)N=CCC1=O. The lowest BCUT2D eigenvalue weighted by atomic mass is 10.1. The van der Waals surface area contributed by atoms with E-state index >= 15 is 0 Å². The van der Waals surface area contributed by atoms with Crippen LogP contribution in [0.4, 0.5) is 0 Å². The molecular formula is C13H13NO2. The molecule has 0 atom stereocenters. The third-order valence-corrected chi connectivity index (χ3v) is 2.39. The van der Waals surface area contributed by atoms with Crippen molar-refractivity contribution in [2.45, 2.75) is 19.8 Å². The van der Waals surface area contributed by atoms with E-state index in [2.05, 4.69) is 4.99 Å².